The second-order valence-corrected chi connectivity index (χ2v) is 9.74. The molecule has 0 radical (unpaired) electrons. The van der Waals surface area contributed by atoms with Crippen LogP contribution >= 0.6 is 0 Å². The Balaban J connectivity index is 1.46. The van der Waals surface area contributed by atoms with E-state index in [2.05, 4.69) is 20.6 Å². The summed E-state index contributed by atoms with van der Waals surface area (Å²) in [5, 5.41) is 5.45. The van der Waals surface area contributed by atoms with Gasteiger partial charge in [0.05, 0.1) is 5.69 Å². The van der Waals surface area contributed by atoms with Gasteiger partial charge in [0.1, 0.15) is 34.8 Å². The molecule has 0 aliphatic carbocycles. The number of benzene rings is 2. The number of hydrogen-bond donors (Lipinski definition) is 2. The Morgan fingerprint density at radius 2 is 1.62 bits per heavy atom. The molecule has 2 amide bonds. The van der Waals surface area contributed by atoms with Crippen LogP contribution in [0.2, 0.25) is 0 Å². The molecule has 39 heavy (non-hydrogen) atoms. The van der Waals surface area contributed by atoms with E-state index in [1.165, 1.54) is 12.1 Å². The molecule has 0 saturated heterocycles. The van der Waals surface area contributed by atoms with Crippen LogP contribution in [-0.4, -0.2) is 33.6 Å². The summed E-state index contributed by atoms with van der Waals surface area (Å²) in [5.74, 6) is 0.651. The Kier molecular flexibility index (Phi) is 8.50. The summed E-state index contributed by atoms with van der Waals surface area (Å²) in [4.78, 5) is 34.3. The number of pyridine rings is 2. The predicted molar refractivity (Wildman–Crippen MR) is 146 cm³/mol. The minimum absolute atomic E-state index is 0.216. The third kappa shape index (κ3) is 8.36. The maximum absolute atomic E-state index is 13.2. The molecule has 1 atom stereocenters. The van der Waals surface area contributed by atoms with Gasteiger partial charge in [-0.15, -0.1) is 0 Å². The van der Waals surface area contributed by atoms with Gasteiger partial charge in [0.25, 0.3) is 0 Å². The predicted octanol–water partition coefficient (Wildman–Crippen LogP) is 6.15. The van der Waals surface area contributed by atoms with E-state index >= 15 is 0 Å². The highest BCUT2D eigenvalue weighted by Crippen LogP contribution is 2.26. The van der Waals surface area contributed by atoms with E-state index in [9.17, 15) is 14.0 Å². The normalized spacial score (nSPS) is 11.8. The summed E-state index contributed by atoms with van der Waals surface area (Å²) in [6.45, 7) is 5.25. The zero-order chi connectivity index (χ0) is 27.8. The molecule has 4 aromatic rings. The van der Waals surface area contributed by atoms with Crippen molar-refractivity contribution in [1.82, 2.24) is 15.3 Å². The number of alkyl carbamates (subject to hydrolysis) is 1. The summed E-state index contributed by atoms with van der Waals surface area (Å²) in [7, 11) is 0. The zero-order valence-electron chi connectivity index (χ0n) is 21.9. The van der Waals surface area contributed by atoms with Crippen molar-refractivity contribution in [3.8, 4) is 22.8 Å². The molecule has 2 aromatic heterocycles. The number of hydrogen-bond acceptors (Lipinski definition) is 6. The molecule has 0 saturated carbocycles. The molecule has 0 spiro atoms. The number of carbonyl (C=O) groups is 2. The summed E-state index contributed by atoms with van der Waals surface area (Å²) in [6.07, 6.45) is 2.79. The van der Waals surface area contributed by atoms with Crippen molar-refractivity contribution in [3.63, 3.8) is 0 Å². The van der Waals surface area contributed by atoms with Gasteiger partial charge in [-0.25, -0.2) is 14.2 Å². The second kappa shape index (κ2) is 12.2. The lowest BCUT2D eigenvalue weighted by atomic mass is 10.1. The lowest BCUT2D eigenvalue weighted by Crippen LogP contribution is -2.47. The molecule has 0 unspecified atom stereocenters. The molecular weight excluding hydrogens is 499 g/mol. The van der Waals surface area contributed by atoms with E-state index < -0.39 is 23.6 Å². The number of rotatable bonds is 8. The molecule has 0 aliphatic heterocycles. The van der Waals surface area contributed by atoms with Gasteiger partial charge in [0, 0.05) is 24.4 Å². The number of ether oxygens (including phenoxy) is 2. The monoisotopic (exact) mass is 528 g/mol. The van der Waals surface area contributed by atoms with Gasteiger partial charge in [0.2, 0.25) is 5.91 Å². The van der Waals surface area contributed by atoms with Crippen LogP contribution in [0.3, 0.4) is 0 Å². The summed E-state index contributed by atoms with van der Waals surface area (Å²) in [6, 6.07) is 20.9. The van der Waals surface area contributed by atoms with Gasteiger partial charge in [-0.05, 0) is 93.1 Å². The topological polar surface area (TPSA) is 102 Å². The molecule has 9 heteroatoms. The Labute approximate surface area is 226 Å². The van der Waals surface area contributed by atoms with Gasteiger partial charge < -0.3 is 20.1 Å². The average Bonchev–Trinajstić information content (AvgIpc) is 2.90. The number of halogens is 1. The number of aromatic nitrogens is 2. The third-order valence-electron chi connectivity index (χ3n) is 5.37. The minimum atomic E-state index is -0.919. The van der Waals surface area contributed by atoms with E-state index in [4.69, 9.17) is 9.47 Å². The van der Waals surface area contributed by atoms with Crippen molar-refractivity contribution in [3.05, 3.63) is 103 Å². The summed E-state index contributed by atoms with van der Waals surface area (Å²) >= 11 is 0. The van der Waals surface area contributed by atoms with Crippen LogP contribution in [0.5, 0.6) is 11.5 Å². The molecule has 2 heterocycles. The van der Waals surface area contributed by atoms with Crippen LogP contribution in [0.25, 0.3) is 11.3 Å². The largest absolute Gasteiger partial charge is 0.457 e. The van der Waals surface area contributed by atoms with E-state index in [0.717, 1.165) is 11.1 Å². The van der Waals surface area contributed by atoms with Crippen LogP contribution < -0.4 is 15.4 Å². The van der Waals surface area contributed by atoms with E-state index in [1.54, 1.807) is 75.6 Å². The molecule has 0 aliphatic rings. The van der Waals surface area contributed by atoms with Crippen molar-refractivity contribution < 1.29 is 23.5 Å². The van der Waals surface area contributed by atoms with Crippen molar-refractivity contribution in [1.29, 1.82) is 0 Å². The Morgan fingerprint density at radius 1 is 0.923 bits per heavy atom. The first-order valence-electron chi connectivity index (χ1n) is 12.3. The number of amides is 2. The van der Waals surface area contributed by atoms with Crippen LogP contribution in [0.15, 0.2) is 91.3 Å². The van der Waals surface area contributed by atoms with Gasteiger partial charge in [-0.3, -0.25) is 9.78 Å². The first kappa shape index (κ1) is 27.3. The lowest BCUT2D eigenvalue weighted by Gasteiger charge is -2.23. The molecular formula is C30H29FN4O4. The quantitative estimate of drug-likeness (QED) is 0.284. The van der Waals surface area contributed by atoms with Crippen LogP contribution in [-0.2, 0) is 16.0 Å². The molecule has 200 valence electrons. The van der Waals surface area contributed by atoms with E-state index in [-0.39, 0.29) is 12.2 Å². The second-order valence-electron chi connectivity index (χ2n) is 9.74. The summed E-state index contributed by atoms with van der Waals surface area (Å²) < 4.78 is 24.2. The van der Waals surface area contributed by atoms with Gasteiger partial charge >= 0.3 is 6.09 Å². The highest BCUT2D eigenvalue weighted by Gasteiger charge is 2.25. The third-order valence-corrected chi connectivity index (χ3v) is 5.37. The number of carbonyl (C=O) groups excluding carboxylic acids is 2. The van der Waals surface area contributed by atoms with Crippen LogP contribution in [0.4, 0.5) is 15.0 Å². The first-order chi connectivity index (χ1) is 18.6. The van der Waals surface area contributed by atoms with Crippen molar-refractivity contribution in [2.24, 2.45) is 0 Å². The average molecular weight is 529 g/mol. The van der Waals surface area contributed by atoms with Crippen molar-refractivity contribution in [2.45, 2.75) is 38.8 Å². The van der Waals surface area contributed by atoms with Crippen molar-refractivity contribution >= 4 is 17.8 Å². The van der Waals surface area contributed by atoms with Gasteiger partial charge in [-0.2, -0.15) is 0 Å². The Hall–Kier alpha value is -4.79. The van der Waals surface area contributed by atoms with Crippen LogP contribution in [0.1, 0.15) is 26.3 Å². The van der Waals surface area contributed by atoms with E-state index in [0.29, 0.717) is 23.0 Å². The number of nitrogens with zero attached hydrogens (tertiary/aromatic N) is 2. The number of nitrogens with one attached hydrogen (secondary N) is 2. The van der Waals surface area contributed by atoms with Gasteiger partial charge in [-0.1, -0.05) is 12.1 Å². The summed E-state index contributed by atoms with van der Waals surface area (Å²) in [5.41, 5.74) is 1.49. The standard InChI is InChI=1S/C30H29FN4O4/c1-30(2,3)39-29(37)34-26(18-20-6-5-17-32-19-20)28(36)35-27-8-4-7-25(33-27)21-9-13-23(14-10-21)38-24-15-11-22(31)12-16-24/h4-17,19,26H,18H2,1-3H3,(H,34,37)(H,33,35,36)/t26-/m0/s1. The fourth-order valence-electron chi connectivity index (χ4n) is 3.62. The van der Waals surface area contributed by atoms with Crippen LogP contribution in [0, 0.1) is 5.82 Å². The van der Waals surface area contributed by atoms with Crippen molar-refractivity contribution in [2.75, 3.05) is 5.32 Å². The first-order valence-corrected chi connectivity index (χ1v) is 12.3. The van der Waals surface area contributed by atoms with Gasteiger partial charge in [0.15, 0.2) is 0 Å². The smallest absolute Gasteiger partial charge is 0.408 e. The molecule has 0 bridgehead atoms. The Morgan fingerprint density at radius 3 is 2.26 bits per heavy atom. The Bertz CT molecular complexity index is 1410. The lowest BCUT2D eigenvalue weighted by molar-refractivity contribution is -0.118. The molecule has 2 N–H and O–H groups in total. The molecule has 2 aromatic carbocycles. The highest BCUT2D eigenvalue weighted by atomic mass is 19.1. The number of anilines is 1. The molecule has 4 rings (SSSR count). The zero-order valence-corrected chi connectivity index (χ0v) is 21.9. The highest BCUT2D eigenvalue weighted by molar-refractivity contribution is 5.96. The maximum atomic E-state index is 13.2. The fraction of sp³-hybridized carbons (Fsp3) is 0.200. The maximum Gasteiger partial charge on any atom is 0.408 e. The SMILES string of the molecule is CC(C)(C)OC(=O)N[C@@H](Cc1cccnc1)C(=O)Nc1cccc(-c2ccc(Oc3ccc(F)cc3)cc2)n1. The fourth-order valence-corrected chi connectivity index (χ4v) is 3.62. The van der Waals surface area contributed by atoms with E-state index in [1.807, 2.05) is 24.3 Å². The molecule has 0 fully saturated rings. The minimum Gasteiger partial charge on any atom is -0.457 e. The molecule has 8 nitrogen and oxygen atoms in total.